The molecule has 1 aliphatic carbocycles. The molecule has 3 rings (SSSR count). The Hall–Kier alpha value is -1.81. The molecule has 104 valence electrons. The van der Waals surface area contributed by atoms with Crippen LogP contribution in [0.25, 0.3) is 11.5 Å². The summed E-state index contributed by atoms with van der Waals surface area (Å²) in [7, 11) is 0. The van der Waals surface area contributed by atoms with Crippen LogP contribution in [-0.4, -0.2) is 21.5 Å². The summed E-state index contributed by atoms with van der Waals surface area (Å²) in [5.74, 6) is 0.740. The van der Waals surface area contributed by atoms with Crippen LogP contribution in [0.5, 0.6) is 0 Å². The Morgan fingerprint density at radius 3 is 3.05 bits per heavy atom. The molecule has 0 amide bonds. The SMILES string of the molecule is CCNC1CCCc2nc(-c3cc(C)ccn3)ncc21. The smallest absolute Gasteiger partial charge is 0.178 e. The molecule has 1 unspecified atom stereocenters. The topological polar surface area (TPSA) is 50.7 Å². The molecule has 2 heterocycles. The summed E-state index contributed by atoms with van der Waals surface area (Å²) < 4.78 is 0. The van der Waals surface area contributed by atoms with E-state index in [9.17, 15) is 0 Å². The molecular weight excluding hydrogens is 248 g/mol. The van der Waals surface area contributed by atoms with E-state index in [1.54, 1.807) is 0 Å². The molecule has 4 heteroatoms. The maximum atomic E-state index is 4.74. The minimum Gasteiger partial charge on any atom is -0.310 e. The van der Waals surface area contributed by atoms with E-state index in [4.69, 9.17) is 4.98 Å². The van der Waals surface area contributed by atoms with Crippen LogP contribution in [0.2, 0.25) is 0 Å². The van der Waals surface area contributed by atoms with Gasteiger partial charge >= 0.3 is 0 Å². The van der Waals surface area contributed by atoms with Gasteiger partial charge in [-0.15, -0.1) is 0 Å². The second kappa shape index (κ2) is 5.67. The predicted molar refractivity (Wildman–Crippen MR) is 79.4 cm³/mol. The van der Waals surface area contributed by atoms with Gasteiger partial charge in [-0.05, 0) is 50.4 Å². The van der Waals surface area contributed by atoms with E-state index in [1.165, 1.54) is 29.7 Å². The van der Waals surface area contributed by atoms with Crippen LogP contribution in [0.4, 0.5) is 0 Å². The molecule has 0 radical (unpaired) electrons. The van der Waals surface area contributed by atoms with Crippen molar-refractivity contribution in [1.82, 2.24) is 20.3 Å². The molecule has 0 aliphatic heterocycles. The summed E-state index contributed by atoms with van der Waals surface area (Å²) >= 11 is 0. The number of nitrogens with zero attached hydrogens (tertiary/aromatic N) is 3. The Morgan fingerprint density at radius 2 is 2.25 bits per heavy atom. The molecule has 1 aliphatic rings. The zero-order valence-corrected chi connectivity index (χ0v) is 12.1. The highest BCUT2D eigenvalue weighted by atomic mass is 15.0. The third kappa shape index (κ3) is 2.56. The monoisotopic (exact) mass is 268 g/mol. The first kappa shape index (κ1) is 13.2. The summed E-state index contributed by atoms with van der Waals surface area (Å²) in [6.07, 6.45) is 7.19. The van der Waals surface area contributed by atoms with Crippen molar-refractivity contribution >= 4 is 0 Å². The van der Waals surface area contributed by atoms with Gasteiger partial charge in [0.05, 0.1) is 0 Å². The molecule has 20 heavy (non-hydrogen) atoms. The molecular formula is C16H20N4. The average Bonchev–Trinajstić information content (AvgIpc) is 2.47. The van der Waals surface area contributed by atoms with Crippen LogP contribution in [0, 0.1) is 6.92 Å². The lowest BCUT2D eigenvalue weighted by molar-refractivity contribution is 0.464. The number of aromatic nitrogens is 3. The Kier molecular flexibility index (Phi) is 3.74. The van der Waals surface area contributed by atoms with Crippen LogP contribution < -0.4 is 5.32 Å². The zero-order valence-electron chi connectivity index (χ0n) is 12.1. The van der Waals surface area contributed by atoms with E-state index in [1.807, 2.05) is 24.5 Å². The van der Waals surface area contributed by atoms with Crippen LogP contribution in [0.3, 0.4) is 0 Å². The number of hydrogen-bond acceptors (Lipinski definition) is 4. The summed E-state index contributed by atoms with van der Waals surface area (Å²) in [6, 6.07) is 4.43. The van der Waals surface area contributed by atoms with Crippen molar-refractivity contribution < 1.29 is 0 Å². The second-order valence-electron chi connectivity index (χ2n) is 5.32. The average molecular weight is 268 g/mol. The van der Waals surface area contributed by atoms with Crippen LogP contribution in [-0.2, 0) is 6.42 Å². The Bertz CT molecular complexity index is 609. The molecule has 0 fully saturated rings. The van der Waals surface area contributed by atoms with Gasteiger partial charge in [-0.3, -0.25) is 4.98 Å². The fourth-order valence-electron chi connectivity index (χ4n) is 2.79. The lowest BCUT2D eigenvalue weighted by Gasteiger charge is -2.25. The first-order valence-corrected chi connectivity index (χ1v) is 7.30. The van der Waals surface area contributed by atoms with Crippen molar-refractivity contribution in [2.75, 3.05) is 6.54 Å². The van der Waals surface area contributed by atoms with Gasteiger partial charge in [0.25, 0.3) is 0 Å². The lowest BCUT2D eigenvalue weighted by atomic mass is 9.92. The maximum absolute atomic E-state index is 4.74. The van der Waals surface area contributed by atoms with E-state index in [2.05, 4.69) is 29.1 Å². The Morgan fingerprint density at radius 1 is 1.35 bits per heavy atom. The van der Waals surface area contributed by atoms with Gasteiger partial charge in [-0.2, -0.15) is 0 Å². The fourth-order valence-corrected chi connectivity index (χ4v) is 2.79. The lowest BCUT2D eigenvalue weighted by Crippen LogP contribution is -2.25. The summed E-state index contributed by atoms with van der Waals surface area (Å²) in [4.78, 5) is 13.6. The molecule has 0 saturated heterocycles. The maximum Gasteiger partial charge on any atom is 0.178 e. The first-order valence-electron chi connectivity index (χ1n) is 7.30. The summed E-state index contributed by atoms with van der Waals surface area (Å²) in [5.41, 5.74) is 4.48. The predicted octanol–water partition coefficient (Wildman–Crippen LogP) is 2.83. The molecule has 0 spiro atoms. The number of rotatable bonds is 3. The highest BCUT2D eigenvalue weighted by Gasteiger charge is 2.21. The van der Waals surface area contributed by atoms with Gasteiger partial charge in [0.1, 0.15) is 5.69 Å². The minimum absolute atomic E-state index is 0.406. The molecule has 2 aromatic heterocycles. The molecule has 0 aromatic carbocycles. The molecule has 0 bridgehead atoms. The second-order valence-corrected chi connectivity index (χ2v) is 5.32. The van der Waals surface area contributed by atoms with Crippen molar-refractivity contribution in [3.8, 4) is 11.5 Å². The molecule has 2 aromatic rings. The minimum atomic E-state index is 0.406. The Labute approximate surface area is 119 Å². The van der Waals surface area contributed by atoms with Crippen LogP contribution >= 0.6 is 0 Å². The summed E-state index contributed by atoms with van der Waals surface area (Å²) in [6.45, 7) is 5.18. The fraction of sp³-hybridized carbons (Fsp3) is 0.438. The van der Waals surface area contributed by atoms with E-state index in [-0.39, 0.29) is 0 Å². The molecule has 4 nitrogen and oxygen atoms in total. The largest absolute Gasteiger partial charge is 0.310 e. The molecule has 1 atom stereocenters. The molecule has 0 saturated carbocycles. The van der Waals surface area contributed by atoms with Crippen molar-refractivity contribution in [1.29, 1.82) is 0 Å². The Balaban J connectivity index is 1.97. The highest BCUT2D eigenvalue weighted by molar-refractivity contribution is 5.50. The van der Waals surface area contributed by atoms with Gasteiger partial charge in [0.2, 0.25) is 0 Å². The van der Waals surface area contributed by atoms with Crippen molar-refractivity contribution in [2.24, 2.45) is 0 Å². The number of fused-ring (bicyclic) bond motifs is 1. The number of nitrogens with one attached hydrogen (secondary N) is 1. The summed E-state index contributed by atoms with van der Waals surface area (Å²) in [5, 5.41) is 3.51. The van der Waals surface area contributed by atoms with E-state index >= 15 is 0 Å². The standard InChI is InChI=1S/C16H20N4/c1-3-17-13-5-4-6-14-12(13)10-19-16(20-14)15-9-11(2)7-8-18-15/h7-10,13,17H,3-6H2,1-2H3. The number of hydrogen-bond donors (Lipinski definition) is 1. The number of aryl methyl sites for hydroxylation is 2. The quantitative estimate of drug-likeness (QED) is 0.930. The van der Waals surface area contributed by atoms with Crippen LogP contribution in [0.15, 0.2) is 24.5 Å². The zero-order chi connectivity index (χ0) is 13.9. The first-order chi connectivity index (χ1) is 9.78. The van der Waals surface area contributed by atoms with Crippen molar-refractivity contribution in [3.63, 3.8) is 0 Å². The highest BCUT2D eigenvalue weighted by Crippen LogP contribution is 2.29. The van der Waals surface area contributed by atoms with Gasteiger partial charge in [-0.25, -0.2) is 9.97 Å². The van der Waals surface area contributed by atoms with Crippen molar-refractivity contribution in [3.05, 3.63) is 41.3 Å². The van der Waals surface area contributed by atoms with Crippen molar-refractivity contribution in [2.45, 2.75) is 39.2 Å². The van der Waals surface area contributed by atoms with E-state index in [0.717, 1.165) is 24.5 Å². The number of pyridine rings is 1. The van der Waals surface area contributed by atoms with Crippen LogP contribution in [0.1, 0.15) is 42.6 Å². The molecule has 1 N–H and O–H groups in total. The van der Waals surface area contributed by atoms with Gasteiger partial charge in [0.15, 0.2) is 5.82 Å². The third-order valence-corrected chi connectivity index (χ3v) is 3.78. The van der Waals surface area contributed by atoms with E-state index in [0.29, 0.717) is 6.04 Å². The third-order valence-electron chi connectivity index (χ3n) is 3.78. The van der Waals surface area contributed by atoms with E-state index < -0.39 is 0 Å². The van der Waals surface area contributed by atoms with Gasteiger partial charge in [0, 0.05) is 29.7 Å². The van der Waals surface area contributed by atoms with Gasteiger partial charge < -0.3 is 5.32 Å². The van der Waals surface area contributed by atoms with Gasteiger partial charge in [-0.1, -0.05) is 6.92 Å². The normalized spacial score (nSPS) is 17.8.